The van der Waals surface area contributed by atoms with Crippen molar-refractivity contribution in [2.24, 2.45) is 0 Å². The number of halogens is 1. The third-order valence-corrected chi connectivity index (χ3v) is 5.14. The van der Waals surface area contributed by atoms with E-state index in [1.165, 1.54) is 0 Å². The summed E-state index contributed by atoms with van der Waals surface area (Å²) in [6.45, 7) is 4.56. The number of anilines is 1. The van der Waals surface area contributed by atoms with Gasteiger partial charge in [-0.15, -0.1) is 0 Å². The molecule has 1 heterocycles. The predicted molar refractivity (Wildman–Crippen MR) is 115 cm³/mol. The molecule has 3 rings (SSSR count). The molecule has 2 aromatic rings. The Balaban J connectivity index is 1.47. The third kappa shape index (κ3) is 5.58. The van der Waals surface area contributed by atoms with Crippen LogP contribution in [-0.2, 0) is 9.53 Å². The number of nitrogens with zero attached hydrogens (tertiary/aromatic N) is 2. The first kappa shape index (κ1) is 21.8. The molecule has 1 N–H and O–H groups in total. The molecule has 0 aliphatic carbocycles. The summed E-state index contributed by atoms with van der Waals surface area (Å²) < 4.78 is 4.94. The molecule has 0 radical (unpaired) electrons. The zero-order valence-electron chi connectivity index (χ0n) is 16.8. The number of benzene rings is 2. The molecular formula is C22H24ClN3O4. The molecule has 1 aliphatic heterocycles. The maximum absolute atomic E-state index is 12.6. The number of amides is 2. The molecule has 1 aliphatic rings. The largest absolute Gasteiger partial charge is 0.462 e. The van der Waals surface area contributed by atoms with Crippen molar-refractivity contribution in [1.29, 1.82) is 0 Å². The fraction of sp³-hybridized carbons (Fsp3) is 0.318. The molecule has 2 amide bonds. The Morgan fingerprint density at radius 2 is 1.67 bits per heavy atom. The van der Waals surface area contributed by atoms with Crippen LogP contribution in [0.5, 0.6) is 0 Å². The summed E-state index contributed by atoms with van der Waals surface area (Å²) in [5.41, 5.74) is 1.55. The Hall–Kier alpha value is -2.90. The topological polar surface area (TPSA) is 79.0 Å². The summed E-state index contributed by atoms with van der Waals surface area (Å²) in [5.74, 6) is -0.629. The maximum Gasteiger partial charge on any atom is 0.338 e. The summed E-state index contributed by atoms with van der Waals surface area (Å²) >= 11 is 6.12. The molecule has 0 spiro atoms. The Morgan fingerprint density at radius 3 is 2.30 bits per heavy atom. The van der Waals surface area contributed by atoms with Crippen molar-refractivity contribution in [1.82, 2.24) is 9.80 Å². The van der Waals surface area contributed by atoms with Crippen LogP contribution in [0.3, 0.4) is 0 Å². The molecule has 0 atom stereocenters. The van der Waals surface area contributed by atoms with Gasteiger partial charge in [-0.3, -0.25) is 14.5 Å². The quantitative estimate of drug-likeness (QED) is 0.714. The van der Waals surface area contributed by atoms with Crippen LogP contribution in [0.25, 0.3) is 0 Å². The van der Waals surface area contributed by atoms with Crippen molar-refractivity contribution < 1.29 is 19.1 Å². The predicted octanol–water partition coefficient (Wildman–Crippen LogP) is 2.91. The lowest BCUT2D eigenvalue weighted by molar-refractivity contribution is -0.117. The molecule has 1 saturated heterocycles. The fourth-order valence-electron chi connectivity index (χ4n) is 3.22. The molecule has 158 valence electrons. The minimum Gasteiger partial charge on any atom is -0.462 e. The summed E-state index contributed by atoms with van der Waals surface area (Å²) in [6.07, 6.45) is 0. The molecule has 30 heavy (non-hydrogen) atoms. The average molecular weight is 430 g/mol. The van der Waals surface area contributed by atoms with Crippen LogP contribution in [-0.4, -0.2) is 66.9 Å². The summed E-state index contributed by atoms with van der Waals surface area (Å²) in [5, 5.41) is 3.27. The molecule has 8 heteroatoms. The van der Waals surface area contributed by atoms with Crippen molar-refractivity contribution in [2.45, 2.75) is 6.92 Å². The minimum atomic E-state index is -0.389. The van der Waals surface area contributed by atoms with E-state index in [0.29, 0.717) is 54.6 Å². The number of piperazine rings is 1. The average Bonchev–Trinajstić information content (AvgIpc) is 2.75. The number of nitrogens with one attached hydrogen (secondary N) is 1. The van der Waals surface area contributed by atoms with Crippen LogP contribution in [0.1, 0.15) is 27.6 Å². The zero-order chi connectivity index (χ0) is 21.5. The monoisotopic (exact) mass is 429 g/mol. The highest BCUT2D eigenvalue weighted by Crippen LogP contribution is 2.18. The first-order valence-corrected chi connectivity index (χ1v) is 10.2. The third-order valence-electron chi connectivity index (χ3n) is 4.81. The normalized spacial score (nSPS) is 14.3. The van der Waals surface area contributed by atoms with Gasteiger partial charge in [0.2, 0.25) is 5.91 Å². The van der Waals surface area contributed by atoms with Gasteiger partial charge in [-0.1, -0.05) is 23.7 Å². The SMILES string of the molecule is CCOC(=O)c1ccc(NC(=O)CN2CCN(C(=O)c3ccccc3Cl)CC2)cc1. The highest BCUT2D eigenvalue weighted by molar-refractivity contribution is 6.33. The highest BCUT2D eigenvalue weighted by Gasteiger charge is 2.24. The highest BCUT2D eigenvalue weighted by atomic mass is 35.5. The zero-order valence-corrected chi connectivity index (χ0v) is 17.5. The second-order valence-corrected chi connectivity index (χ2v) is 7.30. The maximum atomic E-state index is 12.6. The van der Waals surface area contributed by atoms with E-state index in [4.69, 9.17) is 16.3 Å². The van der Waals surface area contributed by atoms with Crippen LogP contribution in [0, 0.1) is 0 Å². The molecule has 7 nitrogen and oxygen atoms in total. The molecule has 0 unspecified atom stereocenters. The number of ether oxygens (including phenoxy) is 1. The van der Waals surface area contributed by atoms with Crippen LogP contribution < -0.4 is 5.32 Å². The molecule has 0 aromatic heterocycles. The van der Waals surface area contributed by atoms with Crippen LogP contribution in [0.15, 0.2) is 48.5 Å². The van der Waals surface area contributed by atoms with Gasteiger partial charge in [0.15, 0.2) is 0 Å². The number of rotatable bonds is 6. The molecule has 0 saturated carbocycles. The van der Waals surface area contributed by atoms with E-state index in [1.54, 1.807) is 60.4 Å². The standard InChI is InChI=1S/C22H24ClN3O4/c1-2-30-22(29)16-7-9-17(10-8-16)24-20(27)15-25-11-13-26(14-12-25)21(28)18-5-3-4-6-19(18)23/h3-10H,2,11-15H2,1H3,(H,24,27). The lowest BCUT2D eigenvalue weighted by atomic mass is 10.2. The molecule has 1 fully saturated rings. The van der Waals surface area contributed by atoms with Crippen molar-refractivity contribution >= 4 is 35.1 Å². The van der Waals surface area contributed by atoms with Gasteiger partial charge in [-0.05, 0) is 43.3 Å². The van der Waals surface area contributed by atoms with Gasteiger partial charge >= 0.3 is 5.97 Å². The van der Waals surface area contributed by atoms with E-state index in [9.17, 15) is 14.4 Å². The van der Waals surface area contributed by atoms with Gasteiger partial charge in [-0.2, -0.15) is 0 Å². The Kier molecular flexibility index (Phi) is 7.43. The number of carbonyl (C=O) groups is 3. The number of hydrogen-bond acceptors (Lipinski definition) is 5. The van der Waals surface area contributed by atoms with E-state index in [-0.39, 0.29) is 24.3 Å². The summed E-state index contributed by atoms with van der Waals surface area (Å²) in [7, 11) is 0. The second kappa shape index (κ2) is 10.2. The van der Waals surface area contributed by atoms with Crippen molar-refractivity contribution in [3.63, 3.8) is 0 Å². The van der Waals surface area contributed by atoms with Gasteiger partial charge in [0.1, 0.15) is 0 Å². The second-order valence-electron chi connectivity index (χ2n) is 6.89. The number of carbonyl (C=O) groups excluding carboxylic acids is 3. The number of esters is 1. The summed E-state index contributed by atoms with van der Waals surface area (Å²) in [6, 6.07) is 13.6. The van der Waals surface area contributed by atoms with E-state index in [0.717, 1.165) is 0 Å². The van der Waals surface area contributed by atoms with Crippen LogP contribution in [0.2, 0.25) is 5.02 Å². The van der Waals surface area contributed by atoms with E-state index in [1.807, 2.05) is 4.90 Å². The van der Waals surface area contributed by atoms with Crippen molar-refractivity contribution in [3.05, 3.63) is 64.7 Å². The lowest BCUT2D eigenvalue weighted by Crippen LogP contribution is -2.50. The van der Waals surface area contributed by atoms with Gasteiger partial charge < -0.3 is 15.0 Å². The Labute approximate surface area is 180 Å². The number of hydrogen-bond donors (Lipinski definition) is 1. The van der Waals surface area contributed by atoms with E-state index < -0.39 is 0 Å². The minimum absolute atomic E-state index is 0.0913. The van der Waals surface area contributed by atoms with Gasteiger partial charge in [0.05, 0.1) is 29.3 Å². The van der Waals surface area contributed by atoms with Gasteiger partial charge in [-0.25, -0.2) is 4.79 Å². The van der Waals surface area contributed by atoms with Crippen molar-refractivity contribution in [2.75, 3.05) is 44.6 Å². The Morgan fingerprint density at radius 1 is 1.00 bits per heavy atom. The van der Waals surface area contributed by atoms with E-state index >= 15 is 0 Å². The van der Waals surface area contributed by atoms with E-state index in [2.05, 4.69) is 5.32 Å². The summed E-state index contributed by atoms with van der Waals surface area (Å²) in [4.78, 5) is 40.4. The van der Waals surface area contributed by atoms with Gasteiger partial charge in [0.25, 0.3) is 5.91 Å². The first-order chi connectivity index (χ1) is 14.5. The smallest absolute Gasteiger partial charge is 0.338 e. The lowest BCUT2D eigenvalue weighted by Gasteiger charge is -2.34. The van der Waals surface area contributed by atoms with Crippen LogP contribution >= 0.6 is 11.6 Å². The van der Waals surface area contributed by atoms with Crippen LogP contribution in [0.4, 0.5) is 5.69 Å². The molecule has 2 aromatic carbocycles. The fourth-order valence-corrected chi connectivity index (χ4v) is 3.44. The van der Waals surface area contributed by atoms with Crippen molar-refractivity contribution in [3.8, 4) is 0 Å². The molecule has 0 bridgehead atoms. The molecular weight excluding hydrogens is 406 g/mol. The van der Waals surface area contributed by atoms with Gasteiger partial charge in [0, 0.05) is 31.9 Å². The Bertz CT molecular complexity index is 909. The first-order valence-electron chi connectivity index (χ1n) is 9.81.